The zero-order chi connectivity index (χ0) is 14.0. The lowest BCUT2D eigenvalue weighted by Crippen LogP contribution is -2.18. The third-order valence-electron chi connectivity index (χ3n) is 3.37. The molecule has 0 aromatic carbocycles. The number of hydrogen-bond donors (Lipinski definition) is 1. The Morgan fingerprint density at radius 2 is 2.21 bits per heavy atom. The molecule has 2 rings (SSSR count). The predicted molar refractivity (Wildman–Crippen MR) is 77.2 cm³/mol. The van der Waals surface area contributed by atoms with Crippen LogP contribution in [0.25, 0.3) is 6.08 Å². The van der Waals surface area contributed by atoms with Crippen molar-refractivity contribution in [3.63, 3.8) is 0 Å². The van der Waals surface area contributed by atoms with Gasteiger partial charge >= 0.3 is 5.97 Å². The van der Waals surface area contributed by atoms with Gasteiger partial charge < -0.3 is 9.84 Å². The molecule has 1 aliphatic rings. The summed E-state index contributed by atoms with van der Waals surface area (Å²) >= 11 is 1.79. The molecule has 0 aliphatic heterocycles. The highest BCUT2D eigenvalue weighted by Crippen LogP contribution is 2.34. The second kappa shape index (κ2) is 5.47. The fraction of sp³-hybridized carbons (Fsp3) is 0.533. The van der Waals surface area contributed by atoms with Crippen LogP contribution in [-0.4, -0.2) is 24.8 Å². The van der Waals surface area contributed by atoms with Crippen molar-refractivity contribution in [2.75, 3.05) is 13.7 Å². The molecule has 3 nitrogen and oxygen atoms in total. The summed E-state index contributed by atoms with van der Waals surface area (Å²) in [6.45, 7) is 4.29. The molecule has 1 heterocycles. The lowest BCUT2D eigenvalue weighted by Gasteiger charge is -2.20. The Morgan fingerprint density at radius 3 is 2.84 bits per heavy atom. The summed E-state index contributed by atoms with van der Waals surface area (Å²) in [5, 5.41) is 9.34. The monoisotopic (exact) mass is 280 g/mol. The fourth-order valence-corrected chi connectivity index (χ4v) is 3.64. The van der Waals surface area contributed by atoms with E-state index in [9.17, 15) is 9.90 Å². The minimum Gasteiger partial charge on any atom is -0.466 e. The fourth-order valence-electron chi connectivity index (χ4n) is 2.23. The van der Waals surface area contributed by atoms with E-state index in [1.54, 1.807) is 11.3 Å². The Hall–Kier alpha value is -1.13. The van der Waals surface area contributed by atoms with E-state index >= 15 is 0 Å². The molecule has 0 spiro atoms. The van der Waals surface area contributed by atoms with Gasteiger partial charge in [-0.15, -0.1) is 11.3 Å². The van der Waals surface area contributed by atoms with Gasteiger partial charge in [-0.25, -0.2) is 4.79 Å². The predicted octanol–water partition coefficient (Wildman–Crippen LogP) is 2.81. The van der Waals surface area contributed by atoms with Crippen LogP contribution in [0.2, 0.25) is 0 Å². The van der Waals surface area contributed by atoms with E-state index in [2.05, 4.69) is 19.9 Å². The number of aryl methyl sites for hydroxylation is 1. The molecular formula is C15H20O3S. The maximum Gasteiger partial charge on any atom is 0.333 e. The van der Waals surface area contributed by atoms with Gasteiger partial charge in [0.15, 0.2) is 0 Å². The first-order chi connectivity index (χ1) is 8.95. The summed E-state index contributed by atoms with van der Waals surface area (Å²) in [6.07, 6.45) is 4.46. The Morgan fingerprint density at radius 1 is 1.47 bits per heavy atom. The van der Waals surface area contributed by atoms with Gasteiger partial charge in [0, 0.05) is 21.9 Å². The lowest BCUT2D eigenvalue weighted by molar-refractivity contribution is -0.136. The van der Waals surface area contributed by atoms with Gasteiger partial charge in [0.25, 0.3) is 0 Å². The van der Waals surface area contributed by atoms with Gasteiger partial charge in [-0.3, -0.25) is 0 Å². The number of hydrogen-bond acceptors (Lipinski definition) is 4. The first-order valence-electron chi connectivity index (χ1n) is 6.46. The third-order valence-corrected chi connectivity index (χ3v) is 4.58. The molecule has 0 amide bonds. The number of rotatable bonds is 4. The summed E-state index contributed by atoms with van der Waals surface area (Å²) in [5.41, 5.74) is 1.80. The Balaban J connectivity index is 2.21. The zero-order valence-electron chi connectivity index (χ0n) is 11.7. The van der Waals surface area contributed by atoms with Crippen LogP contribution in [0, 0.1) is 5.41 Å². The number of fused-ring (bicyclic) bond motifs is 1. The van der Waals surface area contributed by atoms with Crippen molar-refractivity contribution in [3.05, 3.63) is 27.0 Å². The van der Waals surface area contributed by atoms with Gasteiger partial charge in [-0.2, -0.15) is 0 Å². The second-order valence-electron chi connectivity index (χ2n) is 5.75. The molecule has 0 radical (unpaired) electrons. The molecule has 1 aromatic rings. The van der Waals surface area contributed by atoms with E-state index in [0.717, 1.165) is 30.4 Å². The van der Waals surface area contributed by atoms with Crippen molar-refractivity contribution >= 4 is 23.4 Å². The highest BCUT2D eigenvalue weighted by atomic mass is 32.1. The van der Waals surface area contributed by atoms with Crippen molar-refractivity contribution in [1.82, 2.24) is 0 Å². The van der Waals surface area contributed by atoms with E-state index in [-0.39, 0.29) is 18.0 Å². The van der Waals surface area contributed by atoms with Gasteiger partial charge in [0.2, 0.25) is 0 Å². The molecule has 0 saturated carbocycles. The Labute approximate surface area is 117 Å². The van der Waals surface area contributed by atoms with Crippen LogP contribution in [0.15, 0.2) is 11.6 Å². The molecule has 0 unspecified atom stereocenters. The molecule has 1 aromatic heterocycles. The number of aliphatic hydroxyl groups excluding tert-OH is 1. The number of esters is 1. The molecule has 0 fully saturated rings. The topological polar surface area (TPSA) is 46.5 Å². The van der Waals surface area contributed by atoms with E-state index in [0.29, 0.717) is 0 Å². The quantitative estimate of drug-likeness (QED) is 0.863. The minimum atomic E-state index is -0.228. The smallest absolute Gasteiger partial charge is 0.333 e. The minimum absolute atomic E-state index is 0.0949. The molecule has 1 N–H and O–H groups in total. The number of ether oxygens (including phenoxy) is 1. The van der Waals surface area contributed by atoms with Crippen molar-refractivity contribution in [1.29, 1.82) is 0 Å². The maximum absolute atomic E-state index is 11.5. The van der Waals surface area contributed by atoms with Crippen LogP contribution < -0.4 is 0 Å². The number of methoxy groups -OCH3 is 1. The summed E-state index contributed by atoms with van der Waals surface area (Å²) in [6, 6.07) is 2.14. The molecule has 1 aliphatic carbocycles. The Kier molecular flexibility index (Phi) is 4.11. The van der Waals surface area contributed by atoms with Gasteiger partial charge in [-0.1, -0.05) is 13.8 Å². The Bertz CT molecular complexity index is 511. The molecule has 4 heteroatoms. The molecule has 19 heavy (non-hydrogen) atoms. The first-order valence-corrected chi connectivity index (χ1v) is 7.28. The van der Waals surface area contributed by atoms with Crippen molar-refractivity contribution in [3.8, 4) is 0 Å². The SMILES string of the molecule is COC(=O)C1=Cc2cc(CC(C)(C)CO)sc2CC1. The lowest BCUT2D eigenvalue weighted by atomic mass is 9.89. The van der Waals surface area contributed by atoms with Gasteiger partial charge in [0.1, 0.15) is 0 Å². The van der Waals surface area contributed by atoms with E-state index < -0.39 is 0 Å². The highest BCUT2D eigenvalue weighted by molar-refractivity contribution is 7.12. The highest BCUT2D eigenvalue weighted by Gasteiger charge is 2.22. The van der Waals surface area contributed by atoms with E-state index in [1.165, 1.54) is 16.9 Å². The molecule has 0 bridgehead atoms. The van der Waals surface area contributed by atoms with Crippen LogP contribution in [0.1, 0.15) is 35.6 Å². The summed E-state index contributed by atoms with van der Waals surface area (Å²) in [5.74, 6) is -0.228. The van der Waals surface area contributed by atoms with Crippen LogP contribution in [0.4, 0.5) is 0 Å². The summed E-state index contributed by atoms with van der Waals surface area (Å²) in [4.78, 5) is 14.1. The number of carbonyl (C=O) groups is 1. The van der Waals surface area contributed by atoms with E-state index in [4.69, 9.17) is 4.74 Å². The summed E-state index contributed by atoms with van der Waals surface area (Å²) < 4.78 is 4.77. The van der Waals surface area contributed by atoms with Crippen molar-refractivity contribution < 1.29 is 14.6 Å². The summed E-state index contributed by atoms with van der Waals surface area (Å²) in [7, 11) is 1.42. The number of aliphatic hydroxyl groups is 1. The third kappa shape index (κ3) is 3.25. The molecule has 0 atom stereocenters. The van der Waals surface area contributed by atoms with Gasteiger partial charge in [-0.05, 0) is 42.4 Å². The molecule has 0 saturated heterocycles. The second-order valence-corrected chi connectivity index (χ2v) is 6.97. The van der Waals surface area contributed by atoms with Crippen molar-refractivity contribution in [2.45, 2.75) is 33.1 Å². The standard InChI is InChI=1S/C15H20O3S/c1-15(2,9-16)8-12-7-11-6-10(14(17)18-3)4-5-13(11)19-12/h6-7,16H,4-5,8-9H2,1-3H3. The maximum atomic E-state index is 11.5. The first kappa shape index (κ1) is 14.3. The average molecular weight is 280 g/mol. The van der Waals surface area contributed by atoms with Crippen LogP contribution in [0.5, 0.6) is 0 Å². The number of carbonyl (C=O) groups excluding carboxylic acids is 1. The largest absolute Gasteiger partial charge is 0.466 e. The average Bonchev–Trinajstić information content (AvgIpc) is 2.77. The van der Waals surface area contributed by atoms with E-state index in [1.807, 2.05) is 6.08 Å². The van der Waals surface area contributed by atoms with Crippen LogP contribution in [-0.2, 0) is 22.4 Å². The molecule has 104 valence electrons. The zero-order valence-corrected chi connectivity index (χ0v) is 12.5. The normalized spacial score (nSPS) is 14.8. The van der Waals surface area contributed by atoms with Crippen LogP contribution >= 0.6 is 11.3 Å². The van der Waals surface area contributed by atoms with Gasteiger partial charge in [0.05, 0.1) is 7.11 Å². The molecular weight excluding hydrogens is 260 g/mol. The van der Waals surface area contributed by atoms with Crippen molar-refractivity contribution in [2.24, 2.45) is 5.41 Å². The van der Waals surface area contributed by atoms with Crippen LogP contribution in [0.3, 0.4) is 0 Å². The number of thiophene rings is 1.